The predicted molar refractivity (Wildman–Crippen MR) is 34.7 cm³/mol. The molecule has 0 radical (unpaired) electrons. The molecule has 0 amide bonds. The van der Waals surface area contributed by atoms with Crippen molar-refractivity contribution >= 4 is 0 Å². The van der Waals surface area contributed by atoms with E-state index in [9.17, 15) is 0 Å². The summed E-state index contributed by atoms with van der Waals surface area (Å²) in [6.45, 7) is 3.71. The predicted octanol–water partition coefficient (Wildman–Crippen LogP) is 1.19. The SMILES string of the molecule is CC/C(O)=C\[C@H](C)N. The topological polar surface area (TPSA) is 46.2 Å². The zero-order chi connectivity index (χ0) is 6.57. The van der Waals surface area contributed by atoms with Crippen LogP contribution in [0.1, 0.15) is 20.3 Å². The van der Waals surface area contributed by atoms with E-state index in [0.29, 0.717) is 12.2 Å². The number of aliphatic hydroxyl groups is 1. The third kappa shape index (κ3) is 3.68. The van der Waals surface area contributed by atoms with Crippen LogP contribution in [0.4, 0.5) is 0 Å². The van der Waals surface area contributed by atoms with Gasteiger partial charge in [-0.15, -0.1) is 0 Å². The summed E-state index contributed by atoms with van der Waals surface area (Å²) in [5, 5.41) is 8.81. The maximum absolute atomic E-state index is 8.81. The van der Waals surface area contributed by atoms with Gasteiger partial charge in [-0.2, -0.15) is 0 Å². The van der Waals surface area contributed by atoms with E-state index in [1.807, 2.05) is 13.8 Å². The van der Waals surface area contributed by atoms with Gasteiger partial charge in [-0.3, -0.25) is 0 Å². The molecule has 0 fully saturated rings. The van der Waals surface area contributed by atoms with Gasteiger partial charge in [0.05, 0.1) is 5.76 Å². The van der Waals surface area contributed by atoms with Crippen molar-refractivity contribution in [3.05, 3.63) is 11.8 Å². The average molecular weight is 115 g/mol. The summed E-state index contributed by atoms with van der Waals surface area (Å²) in [5.74, 6) is 0.375. The molecule has 0 aliphatic carbocycles. The van der Waals surface area contributed by atoms with Gasteiger partial charge >= 0.3 is 0 Å². The van der Waals surface area contributed by atoms with Gasteiger partial charge in [0, 0.05) is 12.5 Å². The minimum absolute atomic E-state index is 0.0325. The third-order valence-electron chi connectivity index (χ3n) is 0.818. The summed E-state index contributed by atoms with van der Waals surface area (Å²) in [6, 6.07) is -0.0325. The van der Waals surface area contributed by atoms with Crippen LogP contribution in [0.5, 0.6) is 0 Å². The molecule has 0 aliphatic heterocycles. The molecule has 2 heteroatoms. The van der Waals surface area contributed by atoms with E-state index < -0.39 is 0 Å². The van der Waals surface area contributed by atoms with Crippen LogP contribution in [-0.2, 0) is 0 Å². The summed E-state index contributed by atoms with van der Waals surface area (Å²) in [5.41, 5.74) is 5.33. The van der Waals surface area contributed by atoms with Crippen molar-refractivity contribution in [2.75, 3.05) is 0 Å². The van der Waals surface area contributed by atoms with Crippen molar-refractivity contribution in [2.24, 2.45) is 5.73 Å². The van der Waals surface area contributed by atoms with Gasteiger partial charge in [0.25, 0.3) is 0 Å². The maximum atomic E-state index is 8.81. The smallest absolute Gasteiger partial charge is 0.0895 e. The Morgan fingerprint density at radius 1 is 1.88 bits per heavy atom. The zero-order valence-corrected chi connectivity index (χ0v) is 5.39. The molecular formula is C6H13NO. The Labute approximate surface area is 50.0 Å². The minimum atomic E-state index is -0.0325. The van der Waals surface area contributed by atoms with Crippen LogP contribution in [0.2, 0.25) is 0 Å². The van der Waals surface area contributed by atoms with Gasteiger partial charge in [-0.1, -0.05) is 6.92 Å². The molecule has 0 saturated heterocycles. The molecule has 8 heavy (non-hydrogen) atoms. The summed E-state index contributed by atoms with van der Waals surface area (Å²) < 4.78 is 0. The molecule has 1 atom stereocenters. The lowest BCUT2D eigenvalue weighted by Gasteiger charge is -1.96. The van der Waals surface area contributed by atoms with Crippen LogP contribution in [-0.4, -0.2) is 11.1 Å². The van der Waals surface area contributed by atoms with E-state index in [-0.39, 0.29) is 6.04 Å². The van der Waals surface area contributed by atoms with E-state index in [2.05, 4.69) is 0 Å². The van der Waals surface area contributed by atoms with Crippen molar-refractivity contribution in [2.45, 2.75) is 26.3 Å². The Hall–Kier alpha value is -0.500. The Morgan fingerprint density at radius 2 is 2.38 bits per heavy atom. The lowest BCUT2D eigenvalue weighted by molar-refractivity contribution is 0.390. The van der Waals surface area contributed by atoms with Crippen molar-refractivity contribution < 1.29 is 5.11 Å². The molecule has 0 saturated carbocycles. The second kappa shape index (κ2) is 3.50. The highest BCUT2D eigenvalue weighted by Gasteiger charge is 1.88. The molecule has 2 nitrogen and oxygen atoms in total. The van der Waals surface area contributed by atoms with Crippen molar-refractivity contribution in [1.29, 1.82) is 0 Å². The first-order chi connectivity index (χ1) is 3.66. The molecule has 0 bridgehead atoms. The van der Waals surface area contributed by atoms with Crippen molar-refractivity contribution in [3.63, 3.8) is 0 Å². The highest BCUT2D eigenvalue weighted by Crippen LogP contribution is 1.94. The van der Waals surface area contributed by atoms with E-state index in [0.717, 1.165) is 0 Å². The molecule has 0 aromatic rings. The zero-order valence-electron chi connectivity index (χ0n) is 5.39. The standard InChI is InChI=1S/C6H13NO/c1-3-6(8)4-5(2)7/h4-5,8H,3,7H2,1-2H3/b6-4+/t5-/m0/s1. The monoisotopic (exact) mass is 115 g/mol. The number of rotatable bonds is 2. The van der Waals surface area contributed by atoms with Gasteiger partial charge in [0.15, 0.2) is 0 Å². The summed E-state index contributed by atoms with van der Waals surface area (Å²) >= 11 is 0. The maximum Gasteiger partial charge on any atom is 0.0895 e. The summed E-state index contributed by atoms with van der Waals surface area (Å²) in [7, 11) is 0. The van der Waals surface area contributed by atoms with Gasteiger partial charge in [0.2, 0.25) is 0 Å². The van der Waals surface area contributed by atoms with Crippen LogP contribution < -0.4 is 5.73 Å². The average Bonchev–Trinajstić information content (AvgIpc) is 1.65. The van der Waals surface area contributed by atoms with Crippen LogP contribution in [0.3, 0.4) is 0 Å². The molecule has 3 N–H and O–H groups in total. The van der Waals surface area contributed by atoms with Crippen molar-refractivity contribution in [3.8, 4) is 0 Å². The first-order valence-corrected chi connectivity index (χ1v) is 2.82. The molecule has 0 heterocycles. The number of allylic oxidation sites excluding steroid dienone is 1. The Bertz CT molecular complexity index is 86.5. The number of aliphatic hydroxyl groups excluding tert-OH is 1. The van der Waals surface area contributed by atoms with Gasteiger partial charge < -0.3 is 10.8 Å². The number of hydrogen-bond donors (Lipinski definition) is 2. The van der Waals surface area contributed by atoms with Crippen LogP contribution >= 0.6 is 0 Å². The summed E-state index contributed by atoms with van der Waals surface area (Å²) in [6.07, 6.45) is 2.31. The normalized spacial score (nSPS) is 16.1. The van der Waals surface area contributed by atoms with E-state index >= 15 is 0 Å². The van der Waals surface area contributed by atoms with Crippen LogP contribution in [0, 0.1) is 0 Å². The molecule has 0 aliphatic rings. The molecule has 0 spiro atoms. The highest BCUT2D eigenvalue weighted by atomic mass is 16.3. The van der Waals surface area contributed by atoms with E-state index in [1.54, 1.807) is 6.08 Å². The molecule has 0 aromatic heterocycles. The molecular weight excluding hydrogens is 102 g/mol. The van der Waals surface area contributed by atoms with Crippen LogP contribution in [0.15, 0.2) is 11.8 Å². The first kappa shape index (κ1) is 7.50. The second-order valence-corrected chi connectivity index (χ2v) is 1.87. The van der Waals surface area contributed by atoms with Crippen molar-refractivity contribution in [1.82, 2.24) is 0 Å². The Kier molecular flexibility index (Phi) is 3.28. The largest absolute Gasteiger partial charge is 0.513 e. The highest BCUT2D eigenvalue weighted by molar-refractivity contribution is 4.94. The minimum Gasteiger partial charge on any atom is -0.513 e. The number of hydrogen-bond acceptors (Lipinski definition) is 2. The molecule has 0 unspecified atom stereocenters. The lowest BCUT2D eigenvalue weighted by atomic mass is 10.3. The third-order valence-corrected chi connectivity index (χ3v) is 0.818. The lowest BCUT2D eigenvalue weighted by Crippen LogP contribution is -2.11. The van der Waals surface area contributed by atoms with E-state index in [1.165, 1.54) is 0 Å². The van der Waals surface area contributed by atoms with Gasteiger partial charge in [-0.05, 0) is 13.0 Å². The molecule has 48 valence electrons. The van der Waals surface area contributed by atoms with Gasteiger partial charge in [0.1, 0.15) is 0 Å². The Morgan fingerprint density at radius 3 is 2.50 bits per heavy atom. The van der Waals surface area contributed by atoms with Gasteiger partial charge in [-0.25, -0.2) is 0 Å². The number of nitrogens with two attached hydrogens (primary N) is 1. The Balaban J connectivity index is 3.56. The summed E-state index contributed by atoms with van der Waals surface area (Å²) in [4.78, 5) is 0. The molecule has 0 rings (SSSR count). The quantitative estimate of drug-likeness (QED) is 0.531. The van der Waals surface area contributed by atoms with Crippen LogP contribution in [0.25, 0.3) is 0 Å². The fraction of sp³-hybridized carbons (Fsp3) is 0.667. The molecule has 0 aromatic carbocycles. The second-order valence-electron chi connectivity index (χ2n) is 1.87. The fourth-order valence-electron chi connectivity index (χ4n) is 0.421. The fourth-order valence-corrected chi connectivity index (χ4v) is 0.421. The van der Waals surface area contributed by atoms with E-state index in [4.69, 9.17) is 10.8 Å². The first-order valence-electron chi connectivity index (χ1n) is 2.82.